The van der Waals surface area contributed by atoms with Gasteiger partial charge in [-0.25, -0.2) is 19.3 Å². The number of hydrogen-bond donors (Lipinski definition) is 2. The SMILES string of the molecule is CN1C(=O)N(c2cc(Cl)cc(Cl)c2)C(=O)[C@]12CN(c1ccc(C(=O)O)nn1)C[C@H]2c1ccc(C#N)cc1.O=C(O)C(F)(F)F. The van der Waals surface area contributed by atoms with Gasteiger partial charge in [-0.15, -0.1) is 10.2 Å². The van der Waals surface area contributed by atoms with Gasteiger partial charge in [0.1, 0.15) is 5.54 Å². The Labute approximate surface area is 256 Å². The molecule has 0 saturated carbocycles. The maximum absolute atomic E-state index is 14.2. The van der Waals surface area contributed by atoms with Crippen LogP contribution in [0, 0.1) is 11.3 Å². The molecule has 3 aromatic rings. The second-order valence-electron chi connectivity index (χ2n) is 9.59. The topological polar surface area (TPSA) is 168 Å². The van der Waals surface area contributed by atoms with Gasteiger partial charge in [0, 0.05) is 29.6 Å². The number of anilines is 2. The summed E-state index contributed by atoms with van der Waals surface area (Å²) < 4.78 is 31.7. The van der Waals surface area contributed by atoms with Crippen molar-refractivity contribution in [1.82, 2.24) is 15.1 Å². The fraction of sp³-hybridized carbons (Fsp3) is 0.222. The lowest BCUT2D eigenvalue weighted by molar-refractivity contribution is -0.192. The maximum Gasteiger partial charge on any atom is 0.490 e. The average molecular weight is 651 g/mol. The summed E-state index contributed by atoms with van der Waals surface area (Å²) in [7, 11) is 1.56. The van der Waals surface area contributed by atoms with Crippen LogP contribution >= 0.6 is 23.2 Å². The van der Waals surface area contributed by atoms with Crippen molar-refractivity contribution < 1.29 is 42.6 Å². The van der Waals surface area contributed by atoms with Crippen molar-refractivity contribution in [2.45, 2.75) is 17.6 Å². The average Bonchev–Trinajstić information content (AvgIpc) is 3.45. The monoisotopic (exact) mass is 650 g/mol. The zero-order chi connectivity index (χ0) is 32.6. The second-order valence-corrected chi connectivity index (χ2v) is 10.5. The molecule has 2 aliphatic heterocycles. The fourth-order valence-electron chi connectivity index (χ4n) is 4.99. The van der Waals surface area contributed by atoms with Crippen LogP contribution in [0.2, 0.25) is 10.0 Å². The molecule has 2 fully saturated rings. The van der Waals surface area contributed by atoms with E-state index in [0.717, 1.165) is 10.5 Å². The minimum absolute atomic E-state index is 0.0740. The number of hydrogen-bond acceptors (Lipinski definition) is 8. The Bertz CT molecular complexity index is 1660. The molecule has 12 nitrogen and oxygen atoms in total. The van der Waals surface area contributed by atoms with E-state index in [1.54, 1.807) is 36.2 Å². The van der Waals surface area contributed by atoms with Crippen LogP contribution in [0.1, 0.15) is 27.5 Å². The van der Waals surface area contributed by atoms with E-state index in [-0.39, 0.29) is 34.5 Å². The summed E-state index contributed by atoms with van der Waals surface area (Å²) in [6.07, 6.45) is -5.08. The van der Waals surface area contributed by atoms with E-state index < -0.39 is 41.5 Å². The Hall–Kier alpha value is -4.94. The number of urea groups is 1. The summed E-state index contributed by atoms with van der Waals surface area (Å²) in [5.74, 6) is -4.59. The number of aromatic carboxylic acids is 1. The molecule has 2 aliphatic rings. The van der Waals surface area contributed by atoms with Crippen LogP contribution in [0.3, 0.4) is 0 Å². The van der Waals surface area contributed by atoms with Gasteiger partial charge in [0.2, 0.25) is 0 Å². The third-order valence-corrected chi connectivity index (χ3v) is 7.48. The minimum atomic E-state index is -5.08. The number of likely N-dealkylation sites (N-methyl/N-ethyl adjacent to an activating group) is 1. The highest BCUT2D eigenvalue weighted by Crippen LogP contribution is 2.47. The first kappa shape index (κ1) is 32.0. The molecule has 0 unspecified atom stereocenters. The number of alkyl halides is 3. The molecular weight excluding hydrogens is 632 g/mol. The van der Waals surface area contributed by atoms with E-state index in [2.05, 4.69) is 16.3 Å². The molecule has 0 bridgehead atoms. The number of benzene rings is 2. The number of nitrogens with zero attached hydrogens (tertiary/aromatic N) is 6. The molecule has 3 amide bonds. The normalized spacial score (nSPS) is 19.6. The highest BCUT2D eigenvalue weighted by Gasteiger charge is 2.64. The fourth-order valence-corrected chi connectivity index (χ4v) is 5.50. The molecule has 2 aromatic carbocycles. The number of carboxylic acids is 2. The van der Waals surface area contributed by atoms with Crippen molar-refractivity contribution in [2.24, 2.45) is 0 Å². The highest BCUT2D eigenvalue weighted by molar-refractivity contribution is 6.36. The Morgan fingerprint density at radius 1 is 1.02 bits per heavy atom. The molecule has 1 spiro atoms. The lowest BCUT2D eigenvalue weighted by Gasteiger charge is -2.33. The minimum Gasteiger partial charge on any atom is -0.476 e. The van der Waals surface area contributed by atoms with Gasteiger partial charge in [-0.3, -0.25) is 4.79 Å². The number of imide groups is 1. The third kappa shape index (κ3) is 5.94. The van der Waals surface area contributed by atoms with Crippen LogP contribution < -0.4 is 9.80 Å². The summed E-state index contributed by atoms with van der Waals surface area (Å²) in [6, 6.07) is 15.7. The Balaban J connectivity index is 0.000000566. The molecular formula is C27H19Cl2F3N6O6. The first-order chi connectivity index (χ1) is 20.6. The number of carboxylic acid groups (broad SMARTS) is 2. The van der Waals surface area contributed by atoms with Gasteiger partial charge >= 0.3 is 24.1 Å². The molecule has 2 N–H and O–H groups in total. The standard InChI is InChI=1S/C25H18Cl2N6O4.C2HF3O2/c1-31-24(37)33(18-9-16(26)8-17(27)10-18)23(36)25(31)13-32(21-7-6-20(22(34)35)29-30-21)12-19(25)15-4-2-14(11-28)3-5-15;3-2(4,5)1(6)7/h2-10,19H,12-13H2,1H3,(H,34,35);(H,6,7)/t19-,25+;/m0./s1. The molecule has 228 valence electrons. The molecule has 3 heterocycles. The number of amides is 3. The van der Waals surface area contributed by atoms with Gasteiger partial charge in [-0.2, -0.15) is 18.4 Å². The van der Waals surface area contributed by atoms with Gasteiger partial charge in [0.05, 0.1) is 23.9 Å². The van der Waals surface area contributed by atoms with Gasteiger partial charge in [0.15, 0.2) is 11.5 Å². The van der Waals surface area contributed by atoms with Crippen LogP contribution in [0.15, 0.2) is 54.6 Å². The number of nitriles is 1. The molecule has 2 atom stereocenters. The molecule has 5 rings (SSSR count). The molecule has 0 aliphatic carbocycles. The molecule has 17 heteroatoms. The molecule has 2 saturated heterocycles. The lowest BCUT2D eigenvalue weighted by atomic mass is 9.80. The van der Waals surface area contributed by atoms with Crippen molar-refractivity contribution in [1.29, 1.82) is 5.26 Å². The maximum atomic E-state index is 14.2. The Morgan fingerprint density at radius 3 is 2.09 bits per heavy atom. The first-order valence-electron chi connectivity index (χ1n) is 12.3. The number of aromatic nitrogens is 2. The molecule has 0 radical (unpaired) electrons. The van der Waals surface area contributed by atoms with E-state index in [1.165, 1.54) is 35.2 Å². The van der Waals surface area contributed by atoms with E-state index in [4.69, 9.17) is 38.2 Å². The summed E-state index contributed by atoms with van der Waals surface area (Å²) in [5, 5.41) is 33.9. The van der Waals surface area contributed by atoms with Gasteiger partial charge in [-0.1, -0.05) is 35.3 Å². The number of aliphatic carboxylic acids is 1. The predicted octanol–water partition coefficient (Wildman–Crippen LogP) is 4.43. The lowest BCUT2D eigenvalue weighted by Crippen LogP contribution is -2.53. The zero-order valence-electron chi connectivity index (χ0n) is 22.3. The van der Waals surface area contributed by atoms with E-state index in [0.29, 0.717) is 11.4 Å². The Morgan fingerprint density at radius 2 is 1.61 bits per heavy atom. The second kappa shape index (κ2) is 12.0. The van der Waals surface area contributed by atoms with E-state index >= 15 is 0 Å². The Kier molecular flexibility index (Phi) is 8.71. The van der Waals surface area contributed by atoms with Gasteiger partial charge < -0.3 is 20.0 Å². The largest absolute Gasteiger partial charge is 0.490 e. The molecule has 44 heavy (non-hydrogen) atoms. The molecule has 1 aromatic heterocycles. The highest BCUT2D eigenvalue weighted by atomic mass is 35.5. The quantitative estimate of drug-likeness (QED) is 0.385. The number of carbonyl (C=O) groups is 4. The first-order valence-corrected chi connectivity index (χ1v) is 13.1. The zero-order valence-corrected chi connectivity index (χ0v) is 23.8. The van der Waals surface area contributed by atoms with E-state index in [1.807, 2.05) is 0 Å². The number of carbonyl (C=O) groups excluding carboxylic acids is 2. The summed E-state index contributed by atoms with van der Waals surface area (Å²) in [5.41, 5.74) is -0.100. The van der Waals surface area contributed by atoms with Gasteiger partial charge in [-0.05, 0) is 48.0 Å². The van der Waals surface area contributed by atoms with Crippen molar-refractivity contribution in [2.75, 3.05) is 29.9 Å². The smallest absolute Gasteiger partial charge is 0.476 e. The van der Waals surface area contributed by atoms with Gasteiger partial charge in [0.25, 0.3) is 5.91 Å². The summed E-state index contributed by atoms with van der Waals surface area (Å²) >= 11 is 12.3. The van der Waals surface area contributed by atoms with Crippen LogP contribution in [0.4, 0.5) is 29.5 Å². The summed E-state index contributed by atoms with van der Waals surface area (Å²) in [6.45, 7) is 0.352. The number of halogens is 5. The van der Waals surface area contributed by atoms with Crippen molar-refractivity contribution >= 4 is 58.6 Å². The van der Waals surface area contributed by atoms with Crippen molar-refractivity contribution in [3.05, 3.63) is 81.5 Å². The van der Waals surface area contributed by atoms with Crippen LogP contribution in [0.5, 0.6) is 0 Å². The predicted molar refractivity (Wildman–Crippen MR) is 149 cm³/mol. The van der Waals surface area contributed by atoms with Crippen LogP contribution in [-0.4, -0.2) is 81.0 Å². The third-order valence-electron chi connectivity index (χ3n) is 7.05. The van der Waals surface area contributed by atoms with Crippen LogP contribution in [0.25, 0.3) is 0 Å². The van der Waals surface area contributed by atoms with E-state index in [9.17, 15) is 32.8 Å². The van der Waals surface area contributed by atoms with Crippen molar-refractivity contribution in [3.8, 4) is 6.07 Å². The van der Waals surface area contributed by atoms with Crippen LogP contribution in [-0.2, 0) is 9.59 Å². The van der Waals surface area contributed by atoms with Crippen molar-refractivity contribution in [3.63, 3.8) is 0 Å². The number of rotatable bonds is 4. The summed E-state index contributed by atoms with van der Waals surface area (Å²) in [4.78, 5) is 52.1.